The molecule has 1 unspecified atom stereocenters. The van der Waals surface area contributed by atoms with Crippen LogP contribution >= 0.6 is 0 Å². The summed E-state index contributed by atoms with van der Waals surface area (Å²) in [5.74, 6) is -0.439. The van der Waals surface area contributed by atoms with E-state index in [9.17, 15) is 9.59 Å². The number of hydrogen-bond acceptors (Lipinski definition) is 4. The Labute approximate surface area is 129 Å². The van der Waals surface area contributed by atoms with Crippen LogP contribution in [0.5, 0.6) is 11.5 Å². The van der Waals surface area contributed by atoms with Gasteiger partial charge in [0.05, 0.1) is 13.7 Å². The van der Waals surface area contributed by atoms with Gasteiger partial charge < -0.3 is 19.9 Å². The summed E-state index contributed by atoms with van der Waals surface area (Å²) in [6.45, 7) is 3.92. The highest BCUT2D eigenvalue weighted by atomic mass is 16.5. The number of carbonyl (C=O) groups excluding carboxylic acids is 1. The third-order valence-corrected chi connectivity index (χ3v) is 2.82. The first kappa shape index (κ1) is 17.6. The lowest BCUT2D eigenvalue weighted by Crippen LogP contribution is -2.37. The van der Waals surface area contributed by atoms with E-state index in [1.807, 2.05) is 6.92 Å². The van der Waals surface area contributed by atoms with Crippen LogP contribution in [0.1, 0.15) is 25.8 Å². The van der Waals surface area contributed by atoms with E-state index in [0.717, 1.165) is 6.42 Å². The van der Waals surface area contributed by atoms with E-state index in [0.29, 0.717) is 23.7 Å². The van der Waals surface area contributed by atoms with E-state index < -0.39 is 17.9 Å². The number of nitrogens with one attached hydrogen (secondary N) is 1. The van der Waals surface area contributed by atoms with E-state index in [1.54, 1.807) is 31.4 Å². The van der Waals surface area contributed by atoms with Gasteiger partial charge in [0.1, 0.15) is 6.04 Å². The zero-order valence-electron chi connectivity index (χ0n) is 13.0. The van der Waals surface area contributed by atoms with Crippen molar-refractivity contribution in [2.24, 2.45) is 0 Å². The van der Waals surface area contributed by atoms with Crippen molar-refractivity contribution in [1.82, 2.24) is 5.32 Å². The second-order valence-corrected chi connectivity index (χ2v) is 4.63. The normalized spacial score (nSPS) is 12.0. The van der Waals surface area contributed by atoms with Gasteiger partial charge in [0, 0.05) is 11.6 Å². The van der Waals surface area contributed by atoms with Crippen LogP contribution in [0.3, 0.4) is 0 Å². The highest BCUT2D eigenvalue weighted by molar-refractivity contribution is 5.94. The Morgan fingerprint density at radius 1 is 1.41 bits per heavy atom. The molecule has 6 nitrogen and oxygen atoms in total. The van der Waals surface area contributed by atoms with Crippen LogP contribution in [0.15, 0.2) is 24.3 Å². The average molecular weight is 307 g/mol. The molecule has 0 aliphatic carbocycles. The molecule has 0 aliphatic heterocycles. The van der Waals surface area contributed by atoms with Gasteiger partial charge in [-0.3, -0.25) is 9.59 Å². The second kappa shape index (κ2) is 8.71. The Morgan fingerprint density at radius 2 is 2.14 bits per heavy atom. The van der Waals surface area contributed by atoms with Gasteiger partial charge in [-0.2, -0.15) is 0 Å². The summed E-state index contributed by atoms with van der Waals surface area (Å²) >= 11 is 0. The maximum atomic E-state index is 11.7. The fourth-order valence-corrected chi connectivity index (χ4v) is 1.67. The highest BCUT2D eigenvalue weighted by Gasteiger charge is 2.12. The summed E-state index contributed by atoms with van der Waals surface area (Å²) in [5.41, 5.74) is 0.686. The van der Waals surface area contributed by atoms with Crippen LogP contribution in [-0.4, -0.2) is 36.7 Å². The molecule has 0 bridgehead atoms. The number of aliphatic carboxylic acids is 1. The van der Waals surface area contributed by atoms with E-state index >= 15 is 0 Å². The second-order valence-electron chi connectivity index (χ2n) is 4.63. The number of rotatable bonds is 8. The van der Waals surface area contributed by atoms with E-state index in [-0.39, 0.29) is 0 Å². The fourth-order valence-electron chi connectivity index (χ4n) is 1.67. The molecule has 120 valence electrons. The van der Waals surface area contributed by atoms with Crippen molar-refractivity contribution < 1.29 is 24.2 Å². The molecule has 0 saturated carbocycles. The number of carboxylic acids is 1. The molecule has 1 atom stereocenters. The molecule has 0 radical (unpaired) electrons. The minimum atomic E-state index is -1.09. The maximum absolute atomic E-state index is 11.7. The van der Waals surface area contributed by atoms with Crippen molar-refractivity contribution in [3.8, 4) is 11.5 Å². The van der Waals surface area contributed by atoms with Crippen LogP contribution in [-0.2, 0) is 9.59 Å². The smallest absolute Gasteiger partial charge is 0.325 e. The summed E-state index contributed by atoms with van der Waals surface area (Å²) in [5, 5.41) is 11.1. The third-order valence-electron chi connectivity index (χ3n) is 2.82. The van der Waals surface area contributed by atoms with Crippen molar-refractivity contribution in [1.29, 1.82) is 0 Å². The number of carboxylic acid groups (broad SMARTS) is 1. The lowest BCUT2D eigenvalue weighted by Gasteiger charge is -2.12. The monoisotopic (exact) mass is 307 g/mol. The predicted molar refractivity (Wildman–Crippen MR) is 83.1 cm³/mol. The standard InChI is InChI=1S/C16H21NO5/c1-4-10-22-15-12(6-5-7-13(15)21-3)8-9-14(18)17-11(2)16(19)20/h5-9,11H,4,10H2,1-3H3,(H,17,18)(H,19,20)/b9-8+. The molecule has 1 aromatic rings. The topological polar surface area (TPSA) is 84.9 Å². The fraction of sp³-hybridized carbons (Fsp3) is 0.375. The molecule has 0 spiro atoms. The molecule has 0 aliphatic rings. The molecule has 0 fully saturated rings. The molecule has 1 amide bonds. The van der Waals surface area contributed by atoms with Gasteiger partial charge in [-0.15, -0.1) is 0 Å². The maximum Gasteiger partial charge on any atom is 0.325 e. The number of benzene rings is 1. The summed E-state index contributed by atoms with van der Waals surface area (Å²) in [6.07, 6.45) is 3.68. The first-order chi connectivity index (χ1) is 10.5. The lowest BCUT2D eigenvalue weighted by molar-refractivity contribution is -0.140. The number of ether oxygens (including phenoxy) is 2. The summed E-state index contributed by atoms with van der Waals surface area (Å²) in [7, 11) is 1.54. The van der Waals surface area contributed by atoms with Gasteiger partial charge in [-0.25, -0.2) is 0 Å². The van der Waals surface area contributed by atoms with Gasteiger partial charge in [0.15, 0.2) is 11.5 Å². The molecule has 2 N–H and O–H groups in total. The van der Waals surface area contributed by atoms with Gasteiger partial charge in [-0.1, -0.05) is 19.1 Å². The quantitative estimate of drug-likeness (QED) is 0.718. The number of para-hydroxylation sites is 1. The number of methoxy groups -OCH3 is 1. The Bertz CT molecular complexity index is 553. The van der Waals surface area contributed by atoms with Crippen molar-refractivity contribution >= 4 is 18.0 Å². The van der Waals surface area contributed by atoms with Crippen molar-refractivity contribution in [2.75, 3.05) is 13.7 Å². The van der Waals surface area contributed by atoms with Crippen molar-refractivity contribution in [2.45, 2.75) is 26.3 Å². The minimum absolute atomic E-state index is 0.487. The van der Waals surface area contributed by atoms with Crippen molar-refractivity contribution in [3.05, 3.63) is 29.8 Å². The zero-order chi connectivity index (χ0) is 16.5. The first-order valence-corrected chi connectivity index (χ1v) is 7.00. The lowest BCUT2D eigenvalue weighted by atomic mass is 10.1. The third kappa shape index (κ3) is 5.12. The van der Waals surface area contributed by atoms with Gasteiger partial charge >= 0.3 is 5.97 Å². The molecule has 0 heterocycles. The van der Waals surface area contributed by atoms with Crippen LogP contribution < -0.4 is 14.8 Å². The van der Waals surface area contributed by atoms with Gasteiger partial charge in [-0.05, 0) is 25.5 Å². The predicted octanol–water partition coefficient (Wildman–Crippen LogP) is 2.09. The number of amides is 1. The molecular formula is C16H21NO5. The molecule has 0 aromatic heterocycles. The van der Waals surface area contributed by atoms with E-state index in [2.05, 4.69) is 5.32 Å². The van der Waals surface area contributed by atoms with E-state index in [4.69, 9.17) is 14.6 Å². The van der Waals surface area contributed by atoms with Crippen LogP contribution in [0.2, 0.25) is 0 Å². The number of carbonyl (C=O) groups is 2. The van der Waals surface area contributed by atoms with Gasteiger partial charge in [0.2, 0.25) is 5.91 Å². The molecule has 22 heavy (non-hydrogen) atoms. The zero-order valence-corrected chi connectivity index (χ0v) is 13.0. The summed E-state index contributed by atoms with van der Waals surface area (Å²) in [4.78, 5) is 22.4. The average Bonchev–Trinajstić information content (AvgIpc) is 2.50. The molecule has 0 saturated heterocycles. The highest BCUT2D eigenvalue weighted by Crippen LogP contribution is 2.32. The Balaban J connectivity index is 2.89. The van der Waals surface area contributed by atoms with Crippen LogP contribution in [0, 0.1) is 0 Å². The van der Waals surface area contributed by atoms with Gasteiger partial charge in [0.25, 0.3) is 0 Å². The largest absolute Gasteiger partial charge is 0.493 e. The Hall–Kier alpha value is -2.50. The first-order valence-electron chi connectivity index (χ1n) is 7.00. The molecule has 1 aromatic carbocycles. The van der Waals surface area contributed by atoms with Crippen LogP contribution in [0.4, 0.5) is 0 Å². The summed E-state index contributed by atoms with van der Waals surface area (Å²) < 4.78 is 10.9. The van der Waals surface area contributed by atoms with Crippen molar-refractivity contribution in [3.63, 3.8) is 0 Å². The molecular weight excluding hydrogens is 286 g/mol. The number of hydrogen-bond donors (Lipinski definition) is 2. The Kier molecular flexibility index (Phi) is 6.95. The summed E-state index contributed by atoms with van der Waals surface area (Å²) in [6, 6.07) is 4.40. The Morgan fingerprint density at radius 3 is 2.73 bits per heavy atom. The minimum Gasteiger partial charge on any atom is -0.493 e. The molecule has 6 heteroatoms. The van der Waals surface area contributed by atoms with E-state index in [1.165, 1.54) is 13.0 Å². The van der Waals surface area contributed by atoms with Crippen LogP contribution in [0.25, 0.3) is 6.08 Å². The molecule has 1 rings (SSSR count). The SMILES string of the molecule is CCCOc1c(/C=C/C(=O)NC(C)C(=O)O)cccc1OC.